The second-order valence-corrected chi connectivity index (χ2v) is 7.50. The van der Waals surface area contributed by atoms with Crippen molar-refractivity contribution < 1.29 is 9.13 Å². The average Bonchev–Trinajstić information content (AvgIpc) is 3.29. The van der Waals surface area contributed by atoms with Gasteiger partial charge in [-0.25, -0.2) is 9.97 Å². The second-order valence-electron chi connectivity index (χ2n) is 7.50. The van der Waals surface area contributed by atoms with Crippen molar-refractivity contribution in [2.24, 2.45) is 0 Å². The molecule has 0 spiro atoms. The van der Waals surface area contributed by atoms with Gasteiger partial charge in [0, 0.05) is 36.1 Å². The minimum Gasteiger partial charge on any atom is -0.377 e. The van der Waals surface area contributed by atoms with Crippen molar-refractivity contribution in [1.82, 2.24) is 25.1 Å². The minimum atomic E-state index is -0.504. The molecular formula is C22H21FN6O. The lowest BCUT2D eigenvalue weighted by Gasteiger charge is -2.34. The molecule has 0 saturated carbocycles. The molecule has 0 radical (unpaired) electrons. The molecule has 5 heterocycles. The quantitative estimate of drug-likeness (QED) is 0.524. The fourth-order valence-electron chi connectivity index (χ4n) is 3.95. The van der Waals surface area contributed by atoms with Gasteiger partial charge in [-0.15, -0.1) is 0 Å². The van der Waals surface area contributed by atoms with E-state index in [2.05, 4.69) is 38.1 Å². The van der Waals surface area contributed by atoms with Crippen LogP contribution in [0, 0.1) is 12.9 Å². The van der Waals surface area contributed by atoms with Crippen molar-refractivity contribution in [2.45, 2.75) is 19.9 Å². The predicted octanol–water partition coefficient (Wildman–Crippen LogP) is 3.75. The molecule has 1 atom stereocenters. The third-order valence-corrected chi connectivity index (χ3v) is 5.47. The summed E-state index contributed by atoms with van der Waals surface area (Å²) in [7, 11) is 0. The van der Waals surface area contributed by atoms with E-state index in [9.17, 15) is 4.39 Å². The molecular weight excluding hydrogens is 383 g/mol. The van der Waals surface area contributed by atoms with Crippen LogP contribution in [-0.2, 0) is 4.74 Å². The van der Waals surface area contributed by atoms with Crippen LogP contribution in [0.4, 0.5) is 10.2 Å². The van der Waals surface area contributed by atoms with E-state index < -0.39 is 5.95 Å². The van der Waals surface area contributed by atoms with E-state index in [1.807, 2.05) is 19.2 Å². The fraction of sp³-hybridized carbons (Fsp3) is 0.273. The largest absolute Gasteiger partial charge is 0.377 e. The Kier molecular flexibility index (Phi) is 4.63. The summed E-state index contributed by atoms with van der Waals surface area (Å²) in [6, 6.07) is 7.26. The molecule has 1 unspecified atom stereocenters. The first-order valence-corrected chi connectivity index (χ1v) is 9.88. The number of ether oxygens (including phenoxy) is 1. The Morgan fingerprint density at radius 3 is 2.83 bits per heavy atom. The van der Waals surface area contributed by atoms with Gasteiger partial charge in [-0.3, -0.25) is 10.1 Å². The summed E-state index contributed by atoms with van der Waals surface area (Å²) in [5, 5.41) is 8.03. The van der Waals surface area contributed by atoms with Crippen LogP contribution < -0.4 is 4.90 Å². The number of aryl methyl sites for hydroxylation is 1. The Morgan fingerprint density at radius 1 is 1.20 bits per heavy atom. The maximum absolute atomic E-state index is 13.5. The number of halogens is 1. The molecule has 0 aliphatic carbocycles. The Morgan fingerprint density at radius 2 is 2.10 bits per heavy atom. The minimum absolute atomic E-state index is 0.191. The summed E-state index contributed by atoms with van der Waals surface area (Å²) in [4.78, 5) is 15.8. The predicted molar refractivity (Wildman–Crippen MR) is 113 cm³/mol. The van der Waals surface area contributed by atoms with Crippen molar-refractivity contribution in [3.63, 3.8) is 0 Å². The zero-order chi connectivity index (χ0) is 20.7. The highest BCUT2D eigenvalue weighted by molar-refractivity contribution is 6.03. The van der Waals surface area contributed by atoms with Gasteiger partial charge in [-0.05, 0) is 49.2 Å². The Bertz CT molecular complexity index is 1190. The van der Waals surface area contributed by atoms with Gasteiger partial charge in [-0.1, -0.05) is 0 Å². The fourth-order valence-corrected chi connectivity index (χ4v) is 3.95. The number of H-pyrrole nitrogens is 1. The number of fused-ring (bicyclic) bond motifs is 1. The molecule has 0 bridgehead atoms. The van der Waals surface area contributed by atoms with Crippen molar-refractivity contribution in [3.8, 4) is 22.5 Å². The van der Waals surface area contributed by atoms with Crippen LogP contribution in [0.25, 0.3) is 33.4 Å². The zero-order valence-corrected chi connectivity index (χ0v) is 16.8. The highest BCUT2D eigenvalue weighted by atomic mass is 19.1. The molecule has 0 aromatic carbocycles. The van der Waals surface area contributed by atoms with Gasteiger partial charge < -0.3 is 9.64 Å². The maximum Gasteiger partial charge on any atom is 0.212 e. The first kappa shape index (κ1) is 18.6. The lowest BCUT2D eigenvalue weighted by Crippen LogP contribution is -2.44. The summed E-state index contributed by atoms with van der Waals surface area (Å²) >= 11 is 0. The van der Waals surface area contributed by atoms with Crippen LogP contribution in [0.15, 0.2) is 42.9 Å². The van der Waals surface area contributed by atoms with Crippen LogP contribution in [-0.4, -0.2) is 50.9 Å². The normalized spacial score (nSPS) is 16.9. The van der Waals surface area contributed by atoms with Crippen LogP contribution in [0.2, 0.25) is 0 Å². The van der Waals surface area contributed by atoms with Crippen molar-refractivity contribution >= 4 is 16.7 Å². The number of aromatic nitrogens is 5. The number of aromatic amines is 1. The SMILES string of the molecule is Cc1cnc(-c2ccn[nH]2)c2nc(N3CCOCC3C)cc(-c3ccc(F)nc3)c12. The summed E-state index contributed by atoms with van der Waals surface area (Å²) in [6.07, 6.45) is 5.09. The molecule has 152 valence electrons. The highest BCUT2D eigenvalue weighted by Gasteiger charge is 2.24. The number of nitrogens with one attached hydrogen (secondary N) is 1. The summed E-state index contributed by atoms with van der Waals surface area (Å²) in [5.41, 5.74) is 5.06. The van der Waals surface area contributed by atoms with E-state index in [0.29, 0.717) is 13.2 Å². The number of hydrogen-bond donors (Lipinski definition) is 1. The van der Waals surface area contributed by atoms with Gasteiger partial charge >= 0.3 is 0 Å². The molecule has 1 N–H and O–H groups in total. The molecule has 5 rings (SSSR count). The molecule has 1 saturated heterocycles. The number of hydrogen-bond acceptors (Lipinski definition) is 6. The third kappa shape index (κ3) is 3.19. The van der Waals surface area contributed by atoms with Gasteiger partial charge in [0.15, 0.2) is 0 Å². The van der Waals surface area contributed by atoms with Crippen LogP contribution in [0.1, 0.15) is 12.5 Å². The summed E-state index contributed by atoms with van der Waals surface area (Å²) in [5.74, 6) is 0.335. The first-order valence-electron chi connectivity index (χ1n) is 9.88. The molecule has 30 heavy (non-hydrogen) atoms. The zero-order valence-electron chi connectivity index (χ0n) is 16.8. The van der Waals surface area contributed by atoms with Gasteiger partial charge in [0.2, 0.25) is 5.95 Å². The standard InChI is InChI=1S/C22H21FN6O/c1-13-10-25-21(17-5-6-26-28-17)22-20(13)16(15-3-4-18(23)24-11-15)9-19(27-22)29-7-8-30-12-14(29)2/h3-6,9-11,14H,7-8,12H2,1-2H3,(H,26,28). The Labute approximate surface area is 173 Å². The smallest absolute Gasteiger partial charge is 0.212 e. The number of rotatable bonds is 3. The third-order valence-electron chi connectivity index (χ3n) is 5.47. The molecule has 4 aromatic rings. The van der Waals surface area contributed by atoms with E-state index in [-0.39, 0.29) is 6.04 Å². The van der Waals surface area contributed by atoms with Crippen LogP contribution in [0.3, 0.4) is 0 Å². The molecule has 1 aliphatic rings. The Hall–Kier alpha value is -3.39. The van der Waals surface area contributed by atoms with Crippen LogP contribution >= 0.6 is 0 Å². The van der Waals surface area contributed by atoms with Gasteiger partial charge in [-0.2, -0.15) is 9.49 Å². The lowest BCUT2D eigenvalue weighted by molar-refractivity contribution is 0.0986. The summed E-state index contributed by atoms with van der Waals surface area (Å²) < 4.78 is 19.1. The average molecular weight is 404 g/mol. The topological polar surface area (TPSA) is 79.8 Å². The van der Waals surface area contributed by atoms with E-state index in [0.717, 1.165) is 51.3 Å². The monoisotopic (exact) mass is 404 g/mol. The van der Waals surface area contributed by atoms with Crippen LogP contribution in [0.5, 0.6) is 0 Å². The van der Waals surface area contributed by atoms with E-state index in [4.69, 9.17) is 9.72 Å². The number of pyridine rings is 3. The molecule has 1 fully saturated rings. The highest BCUT2D eigenvalue weighted by Crippen LogP contribution is 2.37. The molecule has 1 aliphatic heterocycles. The number of nitrogens with zero attached hydrogens (tertiary/aromatic N) is 5. The summed E-state index contributed by atoms with van der Waals surface area (Å²) in [6.45, 7) is 6.17. The number of morpholine rings is 1. The van der Waals surface area contributed by atoms with Gasteiger partial charge in [0.25, 0.3) is 0 Å². The molecule has 4 aromatic heterocycles. The second kappa shape index (κ2) is 7.46. The maximum atomic E-state index is 13.5. The van der Waals surface area contributed by atoms with Gasteiger partial charge in [0.1, 0.15) is 17.0 Å². The molecule has 8 heteroatoms. The molecule has 0 amide bonds. The van der Waals surface area contributed by atoms with Crippen molar-refractivity contribution in [3.05, 3.63) is 54.4 Å². The first-order chi connectivity index (χ1) is 14.6. The lowest BCUT2D eigenvalue weighted by atomic mass is 9.98. The number of anilines is 1. The van der Waals surface area contributed by atoms with Crippen molar-refractivity contribution in [2.75, 3.05) is 24.7 Å². The molecule has 7 nitrogen and oxygen atoms in total. The van der Waals surface area contributed by atoms with E-state index >= 15 is 0 Å². The van der Waals surface area contributed by atoms with E-state index in [1.165, 1.54) is 6.07 Å². The van der Waals surface area contributed by atoms with E-state index in [1.54, 1.807) is 18.5 Å². The Balaban J connectivity index is 1.81. The van der Waals surface area contributed by atoms with Crippen molar-refractivity contribution in [1.29, 1.82) is 0 Å². The van der Waals surface area contributed by atoms with Gasteiger partial charge in [0.05, 0.1) is 24.9 Å².